The summed E-state index contributed by atoms with van der Waals surface area (Å²) in [4.78, 5) is 0. The Morgan fingerprint density at radius 2 is 1.33 bits per heavy atom. The molecule has 0 amide bonds. The third kappa shape index (κ3) is 9.96. The predicted molar refractivity (Wildman–Crippen MR) is 56.5 cm³/mol. The highest BCUT2D eigenvalue weighted by Gasteiger charge is 1.88. The summed E-state index contributed by atoms with van der Waals surface area (Å²) >= 11 is 0. The highest BCUT2D eigenvalue weighted by molar-refractivity contribution is 4.48. The Kier molecular flexibility index (Phi) is 10.9. The SMILES string of the molecule is CCCCCCCCNCCC. The molecule has 74 valence electrons. The van der Waals surface area contributed by atoms with Crippen molar-refractivity contribution in [3.05, 3.63) is 0 Å². The third-order valence-electron chi connectivity index (χ3n) is 2.13. The highest BCUT2D eigenvalue weighted by Crippen LogP contribution is 2.03. The van der Waals surface area contributed by atoms with Crippen LogP contribution in [0.3, 0.4) is 0 Å². The van der Waals surface area contributed by atoms with Crippen molar-refractivity contribution in [3.63, 3.8) is 0 Å². The Morgan fingerprint density at radius 3 is 2.00 bits per heavy atom. The van der Waals surface area contributed by atoms with E-state index in [1.807, 2.05) is 0 Å². The van der Waals surface area contributed by atoms with Gasteiger partial charge in [0.15, 0.2) is 0 Å². The van der Waals surface area contributed by atoms with Crippen LogP contribution in [0.1, 0.15) is 58.8 Å². The second-order valence-corrected chi connectivity index (χ2v) is 3.52. The second-order valence-electron chi connectivity index (χ2n) is 3.52. The zero-order valence-electron chi connectivity index (χ0n) is 8.86. The highest BCUT2D eigenvalue weighted by atomic mass is 14.8. The van der Waals surface area contributed by atoms with Crippen molar-refractivity contribution in [3.8, 4) is 0 Å². The molecule has 0 saturated carbocycles. The predicted octanol–water partition coefficient (Wildman–Crippen LogP) is 3.35. The van der Waals surface area contributed by atoms with E-state index in [0.29, 0.717) is 0 Å². The molecule has 0 atom stereocenters. The van der Waals surface area contributed by atoms with Gasteiger partial charge in [0.25, 0.3) is 0 Å². The van der Waals surface area contributed by atoms with Gasteiger partial charge in [0, 0.05) is 0 Å². The van der Waals surface area contributed by atoms with Gasteiger partial charge in [0.1, 0.15) is 0 Å². The summed E-state index contributed by atoms with van der Waals surface area (Å²) in [5.41, 5.74) is 0. The maximum Gasteiger partial charge on any atom is -0.00489 e. The van der Waals surface area contributed by atoms with E-state index in [0.717, 1.165) is 0 Å². The molecule has 0 aliphatic rings. The second kappa shape index (κ2) is 11.0. The molecule has 12 heavy (non-hydrogen) atoms. The maximum atomic E-state index is 3.43. The van der Waals surface area contributed by atoms with Crippen LogP contribution in [0.15, 0.2) is 0 Å². The number of hydrogen-bond acceptors (Lipinski definition) is 1. The fourth-order valence-electron chi connectivity index (χ4n) is 1.33. The van der Waals surface area contributed by atoms with Crippen molar-refractivity contribution in [2.75, 3.05) is 13.1 Å². The first-order valence-corrected chi connectivity index (χ1v) is 5.62. The number of hydrogen-bond donors (Lipinski definition) is 1. The zero-order chi connectivity index (χ0) is 9.07. The molecule has 0 radical (unpaired) electrons. The monoisotopic (exact) mass is 171 g/mol. The Morgan fingerprint density at radius 1 is 0.667 bits per heavy atom. The van der Waals surface area contributed by atoms with Gasteiger partial charge < -0.3 is 5.32 Å². The van der Waals surface area contributed by atoms with E-state index in [2.05, 4.69) is 19.2 Å². The normalized spacial score (nSPS) is 10.5. The Balaban J connectivity index is 2.73. The Hall–Kier alpha value is -0.0400. The summed E-state index contributed by atoms with van der Waals surface area (Å²) < 4.78 is 0. The van der Waals surface area contributed by atoms with Crippen molar-refractivity contribution in [1.82, 2.24) is 5.32 Å². The number of unbranched alkanes of at least 4 members (excludes halogenated alkanes) is 5. The van der Waals surface area contributed by atoms with E-state index in [9.17, 15) is 0 Å². The molecule has 0 aromatic carbocycles. The van der Waals surface area contributed by atoms with Crippen molar-refractivity contribution >= 4 is 0 Å². The van der Waals surface area contributed by atoms with Crippen molar-refractivity contribution in [2.24, 2.45) is 0 Å². The lowest BCUT2D eigenvalue weighted by atomic mass is 10.1. The van der Waals surface area contributed by atoms with E-state index in [4.69, 9.17) is 0 Å². The van der Waals surface area contributed by atoms with Gasteiger partial charge in [0.2, 0.25) is 0 Å². The molecule has 1 heteroatoms. The molecule has 0 aromatic heterocycles. The minimum atomic E-state index is 1.19. The smallest absolute Gasteiger partial charge is 0.00489 e. The quantitative estimate of drug-likeness (QED) is 0.525. The standard InChI is InChI=1S/C11H25N/c1-3-5-6-7-8-9-11-12-10-4-2/h12H,3-11H2,1-2H3. The van der Waals surface area contributed by atoms with Crippen LogP contribution in [0.4, 0.5) is 0 Å². The lowest BCUT2D eigenvalue weighted by Crippen LogP contribution is -2.15. The summed E-state index contributed by atoms with van der Waals surface area (Å²) in [7, 11) is 0. The zero-order valence-corrected chi connectivity index (χ0v) is 8.86. The Bertz CT molecular complexity index is 61.4. The molecule has 0 saturated heterocycles. The molecule has 0 fully saturated rings. The molecule has 1 nitrogen and oxygen atoms in total. The van der Waals surface area contributed by atoms with Crippen LogP contribution < -0.4 is 5.32 Å². The minimum absolute atomic E-state index is 1.19. The molecule has 0 aliphatic heterocycles. The largest absolute Gasteiger partial charge is 0.317 e. The molecule has 0 rings (SSSR count). The summed E-state index contributed by atoms with van der Waals surface area (Å²) in [6.45, 7) is 6.89. The average molecular weight is 171 g/mol. The first-order chi connectivity index (χ1) is 5.91. The maximum absolute atomic E-state index is 3.43. The van der Waals surface area contributed by atoms with Crippen molar-refractivity contribution in [2.45, 2.75) is 58.8 Å². The van der Waals surface area contributed by atoms with Gasteiger partial charge in [0.05, 0.1) is 0 Å². The fourth-order valence-corrected chi connectivity index (χ4v) is 1.33. The van der Waals surface area contributed by atoms with Crippen LogP contribution in [0.5, 0.6) is 0 Å². The molecule has 0 unspecified atom stereocenters. The minimum Gasteiger partial charge on any atom is -0.317 e. The van der Waals surface area contributed by atoms with Crippen molar-refractivity contribution in [1.29, 1.82) is 0 Å². The summed E-state index contributed by atoms with van der Waals surface area (Å²) in [5.74, 6) is 0. The average Bonchev–Trinajstić information content (AvgIpc) is 2.10. The first-order valence-electron chi connectivity index (χ1n) is 5.62. The summed E-state index contributed by atoms with van der Waals surface area (Å²) in [5, 5.41) is 3.43. The lowest BCUT2D eigenvalue weighted by Gasteiger charge is -2.02. The van der Waals surface area contributed by atoms with Crippen molar-refractivity contribution < 1.29 is 0 Å². The van der Waals surface area contributed by atoms with E-state index >= 15 is 0 Å². The molecular formula is C11H25N. The molecular weight excluding hydrogens is 146 g/mol. The van der Waals surface area contributed by atoms with Gasteiger partial charge >= 0.3 is 0 Å². The molecule has 0 aromatic rings. The fraction of sp³-hybridized carbons (Fsp3) is 1.00. The molecule has 0 aliphatic carbocycles. The van der Waals surface area contributed by atoms with Crippen LogP contribution in [-0.2, 0) is 0 Å². The lowest BCUT2D eigenvalue weighted by molar-refractivity contribution is 0.570. The van der Waals surface area contributed by atoms with E-state index in [-0.39, 0.29) is 0 Å². The molecule has 1 N–H and O–H groups in total. The van der Waals surface area contributed by atoms with Gasteiger partial charge in [-0.1, -0.05) is 46.0 Å². The molecule has 0 spiro atoms. The first kappa shape index (κ1) is 12.0. The molecule has 0 bridgehead atoms. The number of nitrogens with one attached hydrogen (secondary N) is 1. The van der Waals surface area contributed by atoms with E-state index < -0.39 is 0 Å². The van der Waals surface area contributed by atoms with Crippen LogP contribution in [0.2, 0.25) is 0 Å². The van der Waals surface area contributed by atoms with Gasteiger partial charge in [-0.25, -0.2) is 0 Å². The van der Waals surface area contributed by atoms with Gasteiger partial charge in [-0.2, -0.15) is 0 Å². The van der Waals surface area contributed by atoms with Gasteiger partial charge in [-0.15, -0.1) is 0 Å². The topological polar surface area (TPSA) is 12.0 Å². The van der Waals surface area contributed by atoms with E-state index in [1.165, 1.54) is 58.0 Å². The van der Waals surface area contributed by atoms with Crippen LogP contribution in [-0.4, -0.2) is 13.1 Å². The molecule has 0 heterocycles. The van der Waals surface area contributed by atoms with Crippen LogP contribution >= 0.6 is 0 Å². The van der Waals surface area contributed by atoms with Gasteiger partial charge in [-0.05, 0) is 25.9 Å². The van der Waals surface area contributed by atoms with E-state index in [1.54, 1.807) is 0 Å². The van der Waals surface area contributed by atoms with Gasteiger partial charge in [-0.3, -0.25) is 0 Å². The summed E-state index contributed by atoms with van der Waals surface area (Å²) in [6, 6.07) is 0. The van der Waals surface area contributed by atoms with Crippen LogP contribution in [0.25, 0.3) is 0 Å². The van der Waals surface area contributed by atoms with Crippen LogP contribution in [0, 0.1) is 0 Å². The Labute approximate surface area is 77.9 Å². The summed E-state index contributed by atoms with van der Waals surface area (Å²) in [6.07, 6.45) is 9.68. The third-order valence-corrected chi connectivity index (χ3v) is 2.13. The number of rotatable bonds is 9.